The van der Waals surface area contributed by atoms with Gasteiger partial charge in [-0.1, -0.05) is 24.0 Å². The maximum atomic E-state index is 12.7. The molecule has 4 rings (SSSR count). The number of nitriles is 1. The van der Waals surface area contributed by atoms with Gasteiger partial charge in [0.2, 0.25) is 0 Å². The van der Waals surface area contributed by atoms with Gasteiger partial charge in [0.1, 0.15) is 0 Å². The van der Waals surface area contributed by atoms with Crippen LogP contribution in [0.5, 0.6) is 0 Å². The van der Waals surface area contributed by atoms with Crippen LogP contribution in [0, 0.1) is 23.2 Å². The van der Waals surface area contributed by atoms with Crippen LogP contribution >= 0.6 is 0 Å². The van der Waals surface area contributed by atoms with Gasteiger partial charge < -0.3 is 4.57 Å². The van der Waals surface area contributed by atoms with Gasteiger partial charge in [0.05, 0.1) is 22.7 Å². The summed E-state index contributed by atoms with van der Waals surface area (Å²) in [7, 11) is 1.96. The Labute approximate surface area is 150 Å². The molecular weight excluding hydrogens is 320 g/mol. The van der Waals surface area contributed by atoms with Crippen LogP contribution in [0.15, 0.2) is 71.5 Å². The molecule has 0 fully saturated rings. The van der Waals surface area contributed by atoms with Crippen LogP contribution in [0.25, 0.3) is 21.8 Å². The quantitative estimate of drug-likeness (QED) is 0.361. The highest BCUT2D eigenvalue weighted by Crippen LogP contribution is 2.19. The van der Waals surface area contributed by atoms with Crippen LogP contribution in [0.2, 0.25) is 0 Å². The first kappa shape index (κ1) is 15.7. The molecule has 122 valence electrons. The van der Waals surface area contributed by atoms with E-state index in [0.29, 0.717) is 10.9 Å². The number of pyridine rings is 1. The summed E-state index contributed by atoms with van der Waals surface area (Å²) in [5.41, 5.74) is 4.11. The molecule has 26 heavy (non-hydrogen) atoms. The van der Waals surface area contributed by atoms with Crippen molar-refractivity contribution in [3.63, 3.8) is 0 Å². The molecule has 0 unspecified atom stereocenters. The highest BCUT2D eigenvalue weighted by atomic mass is 16.1. The van der Waals surface area contributed by atoms with Crippen molar-refractivity contribution in [2.75, 3.05) is 0 Å². The molecule has 0 atom stereocenters. The van der Waals surface area contributed by atoms with Crippen LogP contribution in [-0.4, -0.2) is 4.57 Å². The summed E-state index contributed by atoms with van der Waals surface area (Å²) in [5.74, 6) is 6.24. The third-order valence-electron chi connectivity index (χ3n) is 4.48. The molecule has 0 spiro atoms. The standard InChI is InChI=1S/C23H14N2O/c1-25-21-5-3-2-4-19(21)23(26)20-13-12-17(14-22(20)25)9-6-16-7-10-18(15-24)11-8-16/h2-5,7-8,10-14H,1H3. The van der Waals surface area contributed by atoms with Gasteiger partial charge >= 0.3 is 0 Å². The molecule has 0 saturated carbocycles. The Balaban J connectivity index is 1.85. The van der Waals surface area contributed by atoms with Crippen molar-refractivity contribution in [1.82, 2.24) is 4.57 Å². The first-order chi connectivity index (χ1) is 12.7. The lowest BCUT2D eigenvalue weighted by Crippen LogP contribution is -2.09. The fourth-order valence-electron chi connectivity index (χ4n) is 3.08. The van der Waals surface area contributed by atoms with Crippen molar-refractivity contribution in [2.45, 2.75) is 0 Å². The van der Waals surface area contributed by atoms with E-state index in [-0.39, 0.29) is 5.43 Å². The molecule has 3 heteroatoms. The Bertz CT molecular complexity index is 1310. The second-order valence-electron chi connectivity index (χ2n) is 6.08. The molecule has 3 nitrogen and oxygen atoms in total. The summed E-state index contributed by atoms with van der Waals surface area (Å²) in [4.78, 5) is 12.7. The Morgan fingerprint density at radius 2 is 1.38 bits per heavy atom. The van der Waals surface area contributed by atoms with Gasteiger partial charge in [-0.25, -0.2) is 0 Å². The molecule has 0 saturated heterocycles. The number of aryl methyl sites for hydroxylation is 1. The Kier molecular flexibility index (Phi) is 3.77. The summed E-state index contributed by atoms with van der Waals surface area (Å²) in [6.45, 7) is 0. The van der Waals surface area contributed by atoms with Crippen molar-refractivity contribution < 1.29 is 0 Å². The summed E-state index contributed by atoms with van der Waals surface area (Å²) in [5, 5.41) is 10.3. The largest absolute Gasteiger partial charge is 0.343 e. The first-order valence-corrected chi connectivity index (χ1v) is 8.21. The molecule has 1 heterocycles. The normalized spacial score (nSPS) is 10.3. The van der Waals surface area contributed by atoms with E-state index in [4.69, 9.17) is 5.26 Å². The van der Waals surface area contributed by atoms with Crippen molar-refractivity contribution in [3.05, 3.63) is 93.6 Å². The molecule has 0 radical (unpaired) electrons. The SMILES string of the molecule is Cn1c2ccccc2c(=O)c2ccc(C#Cc3ccc(C#N)cc3)cc21. The molecular formula is C23H14N2O. The zero-order valence-electron chi connectivity index (χ0n) is 14.2. The van der Waals surface area contributed by atoms with Crippen molar-refractivity contribution >= 4 is 21.8 Å². The van der Waals surface area contributed by atoms with Crippen LogP contribution < -0.4 is 5.43 Å². The molecule has 0 aliphatic heterocycles. The lowest BCUT2D eigenvalue weighted by molar-refractivity contribution is 1.00. The molecule has 3 aromatic carbocycles. The van der Waals surface area contributed by atoms with Gasteiger partial charge in [0.25, 0.3) is 0 Å². The number of hydrogen-bond donors (Lipinski definition) is 0. The summed E-state index contributed by atoms with van der Waals surface area (Å²) in [6.07, 6.45) is 0. The number of benzene rings is 3. The number of rotatable bonds is 0. The second-order valence-corrected chi connectivity index (χ2v) is 6.08. The van der Waals surface area contributed by atoms with Gasteiger partial charge in [-0.05, 0) is 54.6 Å². The van der Waals surface area contributed by atoms with Gasteiger partial charge in [0.15, 0.2) is 5.43 Å². The van der Waals surface area contributed by atoms with E-state index in [2.05, 4.69) is 17.9 Å². The van der Waals surface area contributed by atoms with E-state index in [0.717, 1.165) is 27.5 Å². The minimum atomic E-state index is 0.0419. The maximum Gasteiger partial charge on any atom is 0.197 e. The minimum absolute atomic E-state index is 0.0419. The lowest BCUT2D eigenvalue weighted by atomic mass is 10.1. The van der Waals surface area contributed by atoms with E-state index in [1.54, 1.807) is 12.1 Å². The molecule has 0 N–H and O–H groups in total. The van der Waals surface area contributed by atoms with E-state index in [9.17, 15) is 4.79 Å². The predicted molar refractivity (Wildman–Crippen MR) is 104 cm³/mol. The molecule has 0 aliphatic rings. The van der Waals surface area contributed by atoms with Crippen LogP contribution in [0.1, 0.15) is 16.7 Å². The number of aromatic nitrogens is 1. The topological polar surface area (TPSA) is 45.8 Å². The molecule has 0 amide bonds. The monoisotopic (exact) mass is 334 g/mol. The van der Waals surface area contributed by atoms with Gasteiger partial charge in [0, 0.05) is 28.9 Å². The zero-order valence-corrected chi connectivity index (χ0v) is 14.2. The average molecular weight is 334 g/mol. The van der Waals surface area contributed by atoms with Gasteiger partial charge in [-0.2, -0.15) is 5.26 Å². The number of fused-ring (bicyclic) bond motifs is 2. The Morgan fingerprint density at radius 3 is 2.15 bits per heavy atom. The lowest BCUT2D eigenvalue weighted by Gasteiger charge is -2.10. The summed E-state index contributed by atoms with van der Waals surface area (Å²) in [6, 6.07) is 22.5. The predicted octanol–water partition coefficient (Wildman–Crippen LogP) is 3.96. The van der Waals surface area contributed by atoms with Crippen LogP contribution in [0.4, 0.5) is 0 Å². The first-order valence-electron chi connectivity index (χ1n) is 8.21. The fourth-order valence-corrected chi connectivity index (χ4v) is 3.08. The highest BCUT2D eigenvalue weighted by molar-refractivity contribution is 5.93. The van der Waals surface area contributed by atoms with Gasteiger partial charge in [-0.3, -0.25) is 4.79 Å². The van der Waals surface area contributed by atoms with E-state index < -0.39 is 0 Å². The third kappa shape index (κ3) is 2.62. The number of nitrogens with zero attached hydrogens (tertiary/aromatic N) is 2. The van der Waals surface area contributed by atoms with Gasteiger partial charge in [-0.15, -0.1) is 0 Å². The van der Waals surface area contributed by atoms with E-state index >= 15 is 0 Å². The summed E-state index contributed by atoms with van der Waals surface area (Å²) < 4.78 is 2.03. The Morgan fingerprint density at radius 1 is 0.769 bits per heavy atom. The number of hydrogen-bond acceptors (Lipinski definition) is 2. The zero-order chi connectivity index (χ0) is 18.1. The molecule has 0 bridgehead atoms. The third-order valence-corrected chi connectivity index (χ3v) is 4.48. The maximum absolute atomic E-state index is 12.7. The second kappa shape index (κ2) is 6.24. The molecule has 0 aliphatic carbocycles. The van der Waals surface area contributed by atoms with Crippen molar-refractivity contribution in [2.24, 2.45) is 7.05 Å². The fraction of sp³-hybridized carbons (Fsp3) is 0.0435. The highest BCUT2D eigenvalue weighted by Gasteiger charge is 2.08. The molecule has 4 aromatic rings. The Hall–Kier alpha value is -3.82. The van der Waals surface area contributed by atoms with Crippen LogP contribution in [0.3, 0.4) is 0 Å². The van der Waals surface area contributed by atoms with Crippen LogP contribution in [-0.2, 0) is 7.05 Å². The molecule has 1 aromatic heterocycles. The smallest absolute Gasteiger partial charge is 0.197 e. The summed E-state index contributed by atoms with van der Waals surface area (Å²) >= 11 is 0. The van der Waals surface area contributed by atoms with Crippen molar-refractivity contribution in [1.29, 1.82) is 5.26 Å². The van der Waals surface area contributed by atoms with Crippen molar-refractivity contribution in [3.8, 4) is 17.9 Å². The van der Waals surface area contributed by atoms with E-state index in [1.165, 1.54) is 0 Å². The minimum Gasteiger partial charge on any atom is -0.343 e. The number of para-hydroxylation sites is 1. The van der Waals surface area contributed by atoms with E-state index in [1.807, 2.05) is 66.2 Å². The average Bonchev–Trinajstić information content (AvgIpc) is 2.70.